The Hall–Kier alpha value is -3.03. The first-order valence-corrected chi connectivity index (χ1v) is 10.6. The average Bonchev–Trinajstić information content (AvgIpc) is 3.37. The van der Waals surface area contributed by atoms with Gasteiger partial charge in [0.25, 0.3) is 0 Å². The Kier molecular flexibility index (Phi) is 4.38. The average molecular weight is 405 g/mol. The van der Waals surface area contributed by atoms with Crippen LogP contribution in [0.15, 0.2) is 66.3 Å². The van der Waals surface area contributed by atoms with E-state index in [0.717, 1.165) is 33.3 Å². The number of carbonyl (C=O) groups excluding carboxylic acids is 1. The van der Waals surface area contributed by atoms with Crippen molar-refractivity contribution in [1.82, 2.24) is 14.4 Å². The Balaban J connectivity index is 1.23. The first-order valence-electron chi connectivity index (χ1n) is 8.87. The smallest absolute Gasteiger partial charge is 0.230 e. The Morgan fingerprint density at radius 2 is 1.93 bits per heavy atom. The first kappa shape index (κ1) is 17.1. The molecule has 0 aliphatic rings. The van der Waals surface area contributed by atoms with Crippen LogP contribution in [0.5, 0.6) is 0 Å². The topological polar surface area (TPSA) is 59.3 Å². The van der Waals surface area contributed by atoms with Crippen molar-refractivity contribution >= 4 is 49.4 Å². The van der Waals surface area contributed by atoms with E-state index in [1.807, 2.05) is 64.6 Å². The third-order valence-corrected chi connectivity index (χ3v) is 6.22. The lowest BCUT2D eigenvalue weighted by molar-refractivity contribution is -0.115. The number of hydrogen-bond donors (Lipinski definition) is 1. The van der Waals surface area contributed by atoms with Crippen LogP contribution in [-0.4, -0.2) is 20.3 Å². The van der Waals surface area contributed by atoms with E-state index in [-0.39, 0.29) is 12.3 Å². The van der Waals surface area contributed by atoms with Crippen LogP contribution in [0.1, 0.15) is 16.3 Å². The van der Waals surface area contributed by atoms with Crippen molar-refractivity contribution in [2.45, 2.75) is 12.8 Å². The van der Waals surface area contributed by atoms with E-state index < -0.39 is 0 Å². The lowest BCUT2D eigenvalue weighted by Crippen LogP contribution is -2.14. The van der Waals surface area contributed by atoms with Gasteiger partial charge in [-0.3, -0.25) is 9.20 Å². The van der Waals surface area contributed by atoms with E-state index in [0.29, 0.717) is 0 Å². The number of thiazole rings is 2. The van der Waals surface area contributed by atoms with Crippen molar-refractivity contribution in [3.63, 3.8) is 0 Å². The highest BCUT2D eigenvalue weighted by Crippen LogP contribution is 2.24. The molecule has 3 heterocycles. The highest BCUT2D eigenvalue weighted by Gasteiger charge is 2.09. The summed E-state index contributed by atoms with van der Waals surface area (Å²) in [4.78, 5) is 22.3. The lowest BCUT2D eigenvalue weighted by Gasteiger charge is -2.05. The number of para-hydroxylation sites is 1. The minimum atomic E-state index is -0.0651. The number of benzene rings is 2. The zero-order chi connectivity index (χ0) is 18.9. The largest absolute Gasteiger partial charge is 0.326 e. The van der Waals surface area contributed by atoms with Crippen LogP contribution in [0, 0.1) is 0 Å². The number of amides is 1. The Morgan fingerprint density at radius 3 is 2.75 bits per heavy atom. The quantitative estimate of drug-likeness (QED) is 0.459. The van der Waals surface area contributed by atoms with Gasteiger partial charge in [-0.2, -0.15) is 0 Å². The number of hydrogen-bond acceptors (Lipinski definition) is 5. The Labute approximate surface area is 169 Å². The second-order valence-corrected chi connectivity index (χ2v) is 8.49. The maximum Gasteiger partial charge on any atom is 0.230 e. The van der Waals surface area contributed by atoms with Crippen molar-refractivity contribution in [2.75, 3.05) is 5.32 Å². The molecule has 3 aromatic heterocycles. The van der Waals surface area contributed by atoms with E-state index in [4.69, 9.17) is 0 Å². The highest BCUT2D eigenvalue weighted by molar-refractivity contribution is 7.18. The fourth-order valence-electron chi connectivity index (χ4n) is 3.11. The molecule has 0 aliphatic heterocycles. The van der Waals surface area contributed by atoms with Crippen LogP contribution in [0.3, 0.4) is 0 Å². The van der Waals surface area contributed by atoms with Crippen molar-refractivity contribution < 1.29 is 4.79 Å². The fourth-order valence-corrected chi connectivity index (χ4v) is 4.83. The second-order valence-electron chi connectivity index (χ2n) is 6.50. The normalized spacial score (nSPS) is 11.3. The van der Waals surface area contributed by atoms with Gasteiger partial charge in [0.2, 0.25) is 5.91 Å². The van der Waals surface area contributed by atoms with Crippen molar-refractivity contribution in [3.05, 3.63) is 82.6 Å². The molecule has 5 aromatic rings. The van der Waals surface area contributed by atoms with E-state index >= 15 is 0 Å². The SMILES string of the molecule is O=C(Cc1cn2ccsc2n1)Nc1ccc(Cc2nc3ccccc3s2)cc1. The molecule has 0 spiro atoms. The predicted octanol–water partition coefficient (Wildman–Crippen LogP) is 4.78. The van der Waals surface area contributed by atoms with E-state index in [1.165, 1.54) is 10.3 Å². The van der Waals surface area contributed by atoms with Gasteiger partial charge in [0.1, 0.15) is 0 Å². The molecule has 0 saturated heterocycles. The van der Waals surface area contributed by atoms with Gasteiger partial charge in [-0.1, -0.05) is 24.3 Å². The van der Waals surface area contributed by atoms with E-state index in [2.05, 4.69) is 21.4 Å². The van der Waals surface area contributed by atoms with Crippen LogP contribution >= 0.6 is 22.7 Å². The summed E-state index contributed by atoms with van der Waals surface area (Å²) in [5.74, 6) is -0.0651. The van der Waals surface area contributed by atoms with Gasteiger partial charge in [-0.15, -0.1) is 22.7 Å². The summed E-state index contributed by atoms with van der Waals surface area (Å²) in [7, 11) is 0. The summed E-state index contributed by atoms with van der Waals surface area (Å²) < 4.78 is 3.14. The predicted molar refractivity (Wildman–Crippen MR) is 114 cm³/mol. The minimum Gasteiger partial charge on any atom is -0.326 e. The third-order valence-electron chi connectivity index (χ3n) is 4.42. The zero-order valence-electron chi connectivity index (χ0n) is 14.8. The van der Waals surface area contributed by atoms with Gasteiger partial charge in [-0.25, -0.2) is 9.97 Å². The minimum absolute atomic E-state index is 0.0651. The molecule has 7 heteroatoms. The van der Waals surface area contributed by atoms with Crippen molar-refractivity contribution in [1.29, 1.82) is 0 Å². The maximum absolute atomic E-state index is 12.3. The van der Waals surface area contributed by atoms with Crippen molar-refractivity contribution in [3.8, 4) is 0 Å². The maximum atomic E-state index is 12.3. The van der Waals surface area contributed by atoms with Gasteiger partial charge < -0.3 is 5.32 Å². The third kappa shape index (κ3) is 3.54. The molecule has 2 aromatic carbocycles. The van der Waals surface area contributed by atoms with Gasteiger partial charge >= 0.3 is 0 Å². The molecule has 0 bridgehead atoms. The van der Waals surface area contributed by atoms with Gasteiger partial charge in [0, 0.05) is 29.9 Å². The van der Waals surface area contributed by atoms with Crippen LogP contribution in [0.25, 0.3) is 15.2 Å². The molecular formula is C21H16N4OS2. The number of nitrogens with one attached hydrogen (secondary N) is 1. The van der Waals surface area contributed by atoms with E-state index in [9.17, 15) is 4.79 Å². The molecule has 1 N–H and O–H groups in total. The van der Waals surface area contributed by atoms with Gasteiger partial charge in [0.15, 0.2) is 4.96 Å². The van der Waals surface area contributed by atoms with Crippen LogP contribution in [0.4, 0.5) is 5.69 Å². The second kappa shape index (κ2) is 7.18. The molecule has 0 saturated carbocycles. The fraction of sp³-hybridized carbons (Fsp3) is 0.0952. The summed E-state index contributed by atoms with van der Waals surface area (Å²) in [5, 5.41) is 6.01. The van der Waals surface area contributed by atoms with Crippen LogP contribution < -0.4 is 5.32 Å². The monoisotopic (exact) mass is 404 g/mol. The lowest BCUT2D eigenvalue weighted by atomic mass is 10.1. The van der Waals surface area contributed by atoms with Crippen LogP contribution in [0.2, 0.25) is 0 Å². The summed E-state index contributed by atoms with van der Waals surface area (Å²) >= 11 is 3.28. The highest BCUT2D eigenvalue weighted by atomic mass is 32.1. The first-order chi connectivity index (χ1) is 13.7. The molecular weight excluding hydrogens is 388 g/mol. The van der Waals surface area contributed by atoms with Crippen LogP contribution in [-0.2, 0) is 17.6 Å². The Bertz CT molecular complexity index is 1210. The summed E-state index contributed by atoms with van der Waals surface area (Å²) in [5.41, 5.74) is 3.79. The van der Waals surface area contributed by atoms with Gasteiger partial charge in [0.05, 0.1) is 27.3 Å². The molecule has 0 aliphatic carbocycles. The van der Waals surface area contributed by atoms with E-state index in [1.54, 1.807) is 22.7 Å². The number of anilines is 1. The molecule has 0 fully saturated rings. The number of fused-ring (bicyclic) bond motifs is 2. The zero-order valence-corrected chi connectivity index (χ0v) is 16.5. The molecule has 0 radical (unpaired) electrons. The standard InChI is InChI=1S/C21H16N4OS2/c26-19(12-16-13-25-9-10-27-21(25)23-16)22-15-7-5-14(6-8-15)11-20-24-17-3-1-2-4-18(17)28-20/h1-10,13H,11-12H2,(H,22,26). The number of aromatic nitrogens is 3. The summed E-state index contributed by atoms with van der Waals surface area (Å²) in [6, 6.07) is 16.1. The Morgan fingerprint density at radius 1 is 1.07 bits per heavy atom. The molecule has 5 nitrogen and oxygen atoms in total. The molecule has 0 unspecified atom stereocenters. The molecule has 0 atom stereocenters. The molecule has 28 heavy (non-hydrogen) atoms. The number of imidazole rings is 1. The van der Waals surface area contributed by atoms with Gasteiger partial charge in [-0.05, 0) is 29.8 Å². The number of nitrogens with zero attached hydrogens (tertiary/aromatic N) is 3. The molecule has 1 amide bonds. The summed E-state index contributed by atoms with van der Waals surface area (Å²) in [6.45, 7) is 0. The molecule has 138 valence electrons. The number of carbonyl (C=O) groups is 1. The number of rotatable bonds is 5. The summed E-state index contributed by atoms with van der Waals surface area (Å²) in [6.07, 6.45) is 4.89. The molecule has 5 rings (SSSR count). The van der Waals surface area contributed by atoms with Crippen molar-refractivity contribution in [2.24, 2.45) is 0 Å².